The number of methoxy groups -OCH3 is 1. The first-order valence-corrected chi connectivity index (χ1v) is 6.04. The fourth-order valence-electron chi connectivity index (χ4n) is 1.36. The maximum absolute atomic E-state index is 5.85. The summed E-state index contributed by atoms with van der Waals surface area (Å²) in [6, 6.07) is 9.76. The van der Waals surface area contributed by atoms with Crippen LogP contribution >= 0.6 is 11.8 Å². The first-order chi connectivity index (χ1) is 8.19. The van der Waals surface area contributed by atoms with Gasteiger partial charge in [0.15, 0.2) is 0 Å². The molecule has 0 amide bonds. The van der Waals surface area contributed by atoms with Gasteiger partial charge in [-0.15, -0.1) is 0 Å². The lowest BCUT2D eigenvalue weighted by Crippen LogP contribution is -1.91. The van der Waals surface area contributed by atoms with Crippen molar-refractivity contribution in [3.63, 3.8) is 0 Å². The molecule has 0 aliphatic heterocycles. The van der Waals surface area contributed by atoms with Crippen LogP contribution in [0.25, 0.3) is 0 Å². The molecule has 4 heteroatoms. The second kappa shape index (κ2) is 5.10. The van der Waals surface area contributed by atoms with Gasteiger partial charge in [-0.05, 0) is 36.8 Å². The van der Waals surface area contributed by atoms with Crippen LogP contribution in [0, 0.1) is 6.92 Å². The number of benzene rings is 1. The van der Waals surface area contributed by atoms with E-state index in [2.05, 4.69) is 4.98 Å². The largest absolute Gasteiger partial charge is 0.497 e. The van der Waals surface area contributed by atoms with Crippen molar-refractivity contribution in [1.29, 1.82) is 0 Å². The number of hydrogen-bond acceptors (Lipinski definition) is 4. The van der Waals surface area contributed by atoms with Crippen molar-refractivity contribution in [2.24, 2.45) is 0 Å². The summed E-state index contributed by atoms with van der Waals surface area (Å²) in [7, 11) is 1.66. The molecule has 0 aliphatic carbocycles. The normalized spacial score (nSPS) is 10.2. The molecule has 1 heterocycles. The minimum atomic E-state index is 0.769. The van der Waals surface area contributed by atoms with E-state index < -0.39 is 0 Å². The Labute approximate surface area is 105 Å². The molecule has 17 heavy (non-hydrogen) atoms. The summed E-state index contributed by atoms with van der Waals surface area (Å²) >= 11 is 1.57. The van der Waals surface area contributed by atoms with E-state index in [1.165, 1.54) is 0 Å². The lowest BCUT2D eigenvalue weighted by atomic mass is 10.3. The summed E-state index contributed by atoms with van der Waals surface area (Å²) in [5, 5.41) is 0.890. The van der Waals surface area contributed by atoms with Crippen LogP contribution in [0.5, 0.6) is 5.75 Å². The number of nitrogens with two attached hydrogens (primary N) is 1. The predicted octanol–water partition coefficient (Wildman–Crippen LogP) is 3.13. The predicted molar refractivity (Wildman–Crippen MR) is 70.5 cm³/mol. The topological polar surface area (TPSA) is 48.1 Å². The van der Waals surface area contributed by atoms with Gasteiger partial charge in [0.1, 0.15) is 10.8 Å². The maximum atomic E-state index is 5.85. The molecule has 0 atom stereocenters. The van der Waals surface area contributed by atoms with E-state index in [4.69, 9.17) is 10.5 Å². The van der Waals surface area contributed by atoms with Crippen molar-refractivity contribution < 1.29 is 4.74 Å². The SMILES string of the molecule is COc1cccc(Sc2cc(N)c(C)cn2)c1. The number of hydrogen-bond donors (Lipinski definition) is 1. The number of ether oxygens (including phenoxy) is 1. The Morgan fingerprint density at radius 3 is 2.82 bits per heavy atom. The van der Waals surface area contributed by atoms with Gasteiger partial charge in [-0.2, -0.15) is 0 Å². The van der Waals surface area contributed by atoms with Gasteiger partial charge >= 0.3 is 0 Å². The van der Waals surface area contributed by atoms with Crippen molar-refractivity contribution >= 4 is 17.4 Å². The molecule has 0 saturated heterocycles. The summed E-state index contributed by atoms with van der Waals surface area (Å²) in [6.07, 6.45) is 1.79. The highest BCUT2D eigenvalue weighted by Crippen LogP contribution is 2.29. The molecule has 2 N–H and O–H groups in total. The fraction of sp³-hybridized carbons (Fsp3) is 0.154. The second-order valence-electron chi connectivity index (χ2n) is 3.66. The van der Waals surface area contributed by atoms with Crippen molar-refractivity contribution in [2.75, 3.05) is 12.8 Å². The number of anilines is 1. The van der Waals surface area contributed by atoms with Gasteiger partial charge in [-0.1, -0.05) is 17.8 Å². The van der Waals surface area contributed by atoms with E-state index in [0.717, 1.165) is 26.9 Å². The van der Waals surface area contributed by atoms with Crippen LogP contribution in [0.4, 0.5) is 5.69 Å². The third-order valence-corrected chi connectivity index (χ3v) is 3.31. The molecule has 0 fully saturated rings. The standard InChI is InChI=1S/C13H14N2OS/c1-9-8-15-13(7-12(9)14)17-11-5-3-4-10(6-11)16-2/h3-8H,1-2H3,(H2,14,15). The first kappa shape index (κ1) is 11.8. The molecule has 88 valence electrons. The van der Waals surface area contributed by atoms with Crippen molar-refractivity contribution in [3.8, 4) is 5.75 Å². The average Bonchev–Trinajstić information content (AvgIpc) is 2.34. The van der Waals surface area contributed by atoms with Gasteiger partial charge in [0, 0.05) is 16.8 Å². The lowest BCUT2D eigenvalue weighted by molar-refractivity contribution is 0.413. The second-order valence-corrected chi connectivity index (χ2v) is 4.75. The highest BCUT2D eigenvalue weighted by molar-refractivity contribution is 7.99. The number of aromatic nitrogens is 1. The smallest absolute Gasteiger partial charge is 0.119 e. The summed E-state index contributed by atoms with van der Waals surface area (Å²) in [5.41, 5.74) is 7.62. The monoisotopic (exact) mass is 246 g/mol. The van der Waals surface area contributed by atoms with Gasteiger partial charge in [-0.3, -0.25) is 0 Å². The lowest BCUT2D eigenvalue weighted by Gasteiger charge is -2.05. The van der Waals surface area contributed by atoms with Crippen LogP contribution < -0.4 is 10.5 Å². The number of rotatable bonds is 3. The summed E-state index contributed by atoms with van der Waals surface area (Å²) in [4.78, 5) is 5.42. The molecule has 0 spiro atoms. The molecular formula is C13H14N2OS. The van der Waals surface area contributed by atoms with E-state index in [1.54, 1.807) is 25.1 Å². The van der Waals surface area contributed by atoms with Gasteiger partial charge in [0.05, 0.1) is 7.11 Å². The van der Waals surface area contributed by atoms with Crippen molar-refractivity contribution in [2.45, 2.75) is 16.8 Å². The Morgan fingerprint density at radius 2 is 2.12 bits per heavy atom. The van der Waals surface area contributed by atoms with Crippen molar-refractivity contribution in [1.82, 2.24) is 4.98 Å². The third-order valence-electron chi connectivity index (χ3n) is 2.38. The molecule has 2 aromatic rings. The Morgan fingerprint density at radius 1 is 1.29 bits per heavy atom. The minimum absolute atomic E-state index is 0.769. The number of nitrogens with zero attached hydrogens (tertiary/aromatic N) is 1. The van der Waals surface area contributed by atoms with Crippen LogP contribution in [0.1, 0.15) is 5.56 Å². The molecule has 0 radical (unpaired) electrons. The first-order valence-electron chi connectivity index (χ1n) is 5.23. The summed E-state index contributed by atoms with van der Waals surface area (Å²) in [6.45, 7) is 1.95. The summed E-state index contributed by atoms with van der Waals surface area (Å²) in [5.74, 6) is 0.843. The molecule has 1 aromatic carbocycles. The van der Waals surface area contributed by atoms with Crippen LogP contribution in [-0.2, 0) is 0 Å². The van der Waals surface area contributed by atoms with Gasteiger partial charge in [-0.25, -0.2) is 4.98 Å². The molecular weight excluding hydrogens is 232 g/mol. The van der Waals surface area contributed by atoms with Crippen LogP contribution in [0.2, 0.25) is 0 Å². The van der Waals surface area contributed by atoms with Gasteiger partial charge in [0.2, 0.25) is 0 Å². The van der Waals surface area contributed by atoms with E-state index >= 15 is 0 Å². The Kier molecular flexibility index (Phi) is 3.54. The van der Waals surface area contributed by atoms with E-state index in [1.807, 2.05) is 37.3 Å². The Balaban J connectivity index is 2.22. The van der Waals surface area contributed by atoms with E-state index in [0.29, 0.717) is 0 Å². The molecule has 0 bridgehead atoms. The Bertz CT molecular complexity index is 529. The van der Waals surface area contributed by atoms with Crippen molar-refractivity contribution in [3.05, 3.63) is 42.1 Å². The quantitative estimate of drug-likeness (QED) is 0.904. The molecule has 0 aliphatic rings. The number of aryl methyl sites for hydroxylation is 1. The molecule has 0 unspecified atom stereocenters. The zero-order valence-electron chi connectivity index (χ0n) is 9.81. The van der Waals surface area contributed by atoms with Gasteiger partial charge < -0.3 is 10.5 Å². The Hall–Kier alpha value is -1.68. The fourth-order valence-corrected chi connectivity index (χ4v) is 2.21. The molecule has 0 saturated carbocycles. The maximum Gasteiger partial charge on any atom is 0.119 e. The molecule has 3 nitrogen and oxygen atoms in total. The zero-order chi connectivity index (χ0) is 12.3. The minimum Gasteiger partial charge on any atom is -0.497 e. The highest BCUT2D eigenvalue weighted by Gasteiger charge is 2.02. The number of pyridine rings is 1. The van der Waals surface area contributed by atoms with Crippen LogP contribution in [0.15, 0.2) is 46.5 Å². The third kappa shape index (κ3) is 2.91. The molecule has 1 aromatic heterocycles. The van der Waals surface area contributed by atoms with E-state index in [9.17, 15) is 0 Å². The summed E-state index contributed by atoms with van der Waals surface area (Å²) < 4.78 is 5.18. The van der Waals surface area contributed by atoms with Crippen LogP contribution in [0.3, 0.4) is 0 Å². The van der Waals surface area contributed by atoms with Gasteiger partial charge in [0.25, 0.3) is 0 Å². The average molecular weight is 246 g/mol. The van der Waals surface area contributed by atoms with E-state index in [-0.39, 0.29) is 0 Å². The highest BCUT2D eigenvalue weighted by atomic mass is 32.2. The zero-order valence-corrected chi connectivity index (χ0v) is 10.6. The van der Waals surface area contributed by atoms with Crippen LogP contribution in [-0.4, -0.2) is 12.1 Å². The number of nitrogen functional groups attached to an aromatic ring is 1. The molecule has 2 rings (SSSR count).